The SMILES string of the molecule is C=CC(=O)OCCC(C)C(C)(C)C. The molecule has 0 rings (SSSR count). The second-order valence-electron chi connectivity index (χ2n) is 4.43. The minimum Gasteiger partial charge on any atom is -0.463 e. The van der Waals surface area contributed by atoms with Crippen LogP contribution < -0.4 is 0 Å². The van der Waals surface area contributed by atoms with Crippen molar-refractivity contribution in [3.63, 3.8) is 0 Å². The van der Waals surface area contributed by atoms with E-state index in [0.29, 0.717) is 12.5 Å². The van der Waals surface area contributed by atoms with Crippen LogP contribution in [0.25, 0.3) is 0 Å². The molecule has 0 bridgehead atoms. The first-order valence-corrected chi connectivity index (χ1v) is 4.67. The molecule has 1 atom stereocenters. The largest absolute Gasteiger partial charge is 0.463 e. The van der Waals surface area contributed by atoms with E-state index in [4.69, 9.17) is 4.74 Å². The molecule has 0 spiro atoms. The molecule has 0 aromatic rings. The zero-order valence-electron chi connectivity index (χ0n) is 9.09. The first-order valence-electron chi connectivity index (χ1n) is 4.67. The van der Waals surface area contributed by atoms with E-state index in [1.807, 2.05) is 0 Å². The summed E-state index contributed by atoms with van der Waals surface area (Å²) in [6, 6.07) is 0. The molecule has 1 unspecified atom stereocenters. The van der Waals surface area contributed by atoms with Crippen LogP contribution in [0.3, 0.4) is 0 Å². The molecule has 0 amide bonds. The molecule has 2 heteroatoms. The maximum absolute atomic E-state index is 10.7. The van der Waals surface area contributed by atoms with Crippen molar-refractivity contribution >= 4 is 5.97 Å². The summed E-state index contributed by atoms with van der Waals surface area (Å²) in [5, 5.41) is 0. The van der Waals surface area contributed by atoms with Crippen molar-refractivity contribution < 1.29 is 9.53 Å². The topological polar surface area (TPSA) is 26.3 Å². The van der Waals surface area contributed by atoms with Gasteiger partial charge < -0.3 is 4.74 Å². The van der Waals surface area contributed by atoms with Crippen LogP contribution in [0, 0.1) is 11.3 Å². The molecule has 0 radical (unpaired) electrons. The minimum atomic E-state index is -0.332. The Balaban J connectivity index is 3.65. The van der Waals surface area contributed by atoms with Crippen LogP contribution in [0.2, 0.25) is 0 Å². The molecule has 2 nitrogen and oxygen atoms in total. The lowest BCUT2D eigenvalue weighted by Crippen LogP contribution is -2.19. The van der Waals surface area contributed by atoms with Crippen LogP contribution in [-0.2, 0) is 9.53 Å². The summed E-state index contributed by atoms with van der Waals surface area (Å²) in [5.41, 5.74) is 0.278. The van der Waals surface area contributed by atoms with Gasteiger partial charge in [0.2, 0.25) is 0 Å². The fourth-order valence-electron chi connectivity index (χ4n) is 0.828. The molecule has 0 fully saturated rings. The van der Waals surface area contributed by atoms with Crippen molar-refractivity contribution in [1.82, 2.24) is 0 Å². The summed E-state index contributed by atoms with van der Waals surface area (Å²) in [4.78, 5) is 10.7. The molecule has 0 saturated carbocycles. The lowest BCUT2D eigenvalue weighted by molar-refractivity contribution is -0.138. The molecule has 0 aliphatic rings. The Morgan fingerprint density at radius 1 is 1.54 bits per heavy atom. The number of esters is 1. The van der Waals surface area contributed by atoms with Gasteiger partial charge in [-0.1, -0.05) is 34.3 Å². The maximum Gasteiger partial charge on any atom is 0.330 e. The van der Waals surface area contributed by atoms with Gasteiger partial charge in [0.15, 0.2) is 0 Å². The smallest absolute Gasteiger partial charge is 0.330 e. The minimum absolute atomic E-state index is 0.278. The highest BCUT2D eigenvalue weighted by Gasteiger charge is 2.19. The number of carbonyl (C=O) groups excluding carboxylic acids is 1. The zero-order valence-corrected chi connectivity index (χ0v) is 9.09. The summed E-state index contributed by atoms with van der Waals surface area (Å²) in [5.74, 6) is 0.214. The van der Waals surface area contributed by atoms with Crippen molar-refractivity contribution in [3.8, 4) is 0 Å². The van der Waals surface area contributed by atoms with Gasteiger partial charge in [-0.25, -0.2) is 4.79 Å². The predicted molar refractivity (Wildman–Crippen MR) is 54.4 cm³/mol. The first-order chi connectivity index (χ1) is 5.88. The number of ether oxygens (including phenoxy) is 1. The van der Waals surface area contributed by atoms with Gasteiger partial charge in [0.05, 0.1) is 6.61 Å². The quantitative estimate of drug-likeness (QED) is 0.496. The van der Waals surface area contributed by atoms with Crippen LogP contribution in [0.1, 0.15) is 34.1 Å². The molecule has 0 aliphatic carbocycles. The third-order valence-electron chi connectivity index (χ3n) is 2.44. The van der Waals surface area contributed by atoms with Gasteiger partial charge in [0, 0.05) is 6.08 Å². The monoisotopic (exact) mass is 184 g/mol. The van der Waals surface area contributed by atoms with Crippen molar-refractivity contribution in [1.29, 1.82) is 0 Å². The Morgan fingerprint density at radius 3 is 2.46 bits per heavy atom. The molecule has 0 N–H and O–H groups in total. The second-order valence-corrected chi connectivity index (χ2v) is 4.43. The molecular weight excluding hydrogens is 164 g/mol. The summed E-state index contributed by atoms with van der Waals surface area (Å²) in [6.07, 6.45) is 2.10. The van der Waals surface area contributed by atoms with Crippen molar-refractivity contribution in [2.24, 2.45) is 11.3 Å². The Kier molecular flexibility index (Phi) is 4.74. The van der Waals surface area contributed by atoms with Crippen molar-refractivity contribution in [3.05, 3.63) is 12.7 Å². The fourth-order valence-corrected chi connectivity index (χ4v) is 0.828. The number of hydrogen-bond donors (Lipinski definition) is 0. The average molecular weight is 184 g/mol. The lowest BCUT2D eigenvalue weighted by atomic mass is 9.80. The molecule has 0 saturated heterocycles. The van der Waals surface area contributed by atoms with Gasteiger partial charge >= 0.3 is 5.97 Å². The van der Waals surface area contributed by atoms with Gasteiger partial charge in [-0.3, -0.25) is 0 Å². The normalized spacial score (nSPS) is 13.5. The summed E-state index contributed by atoms with van der Waals surface area (Å²) >= 11 is 0. The Morgan fingerprint density at radius 2 is 2.08 bits per heavy atom. The average Bonchev–Trinajstić information content (AvgIpc) is 2.02. The second kappa shape index (κ2) is 5.05. The van der Waals surface area contributed by atoms with E-state index >= 15 is 0 Å². The maximum atomic E-state index is 10.7. The van der Waals surface area contributed by atoms with Gasteiger partial charge in [0.1, 0.15) is 0 Å². The number of carbonyl (C=O) groups is 1. The molecule has 0 aliphatic heterocycles. The van der Waals surface area contributed by atoms with Gasteiger partial charge in [0.25, 0.3) is 0 Å². The van der Waals surface area contributed by atoms with Gasteiger partial charge in [-0.15, -0.1) is 0 Å². The van der Waals surface area contributed by atoms with E-state index in [1.54, 1.807) is 0 Å². The third kappa shape index (κ3) is 5.45. The van der Waals surface area contributed by atoms with Gasteiger partial charge in [-0.05, 0) is 17.8 Å². The van der Waals surface area contributed by atoms with Crippen molar-refractivity contribution in [2.75, 3.05) is 6.61 Å². The van der Waals surface area contributed by atoms with E-state index in [-0.39, 0.29) is 11.4 Å². The van der Waals surface area contributed by atoms with Crippen molar-refractivity contribution in [2.45, 2.75) is 34.1 Å². The summed E-state index contributed by atoms with van der Waals surface area (Å²) in [7, 11) is 0. The van der Waals surface area contributed by atoms with Crippen LogP contribution in [0.5, 0.6) is 0 Å². The van der Waals surface area contributed by atoms with E-state index in [1.165, 1.54) is 6.08 Å². The van der Waals surface area contributed by atoms with Crippen LogP contribution in [0.15, 0.2) is 12.7 Å². The Hall–Kier alpha value is -0.790. The van der Waals surface area contributed by atoms with E-state index in [0.717, 1.165) is 6.42 Å². The molecule has 0 heterocycles. The summed E-state index contributed by atoms with van der Waals surface area (Å²) in [6.45, 7) is 12.6. The highest BCUT2D eigenvalue weighted by molar-refractivity contribution is 5.81. The van der Waals surface area contributed by atoms with E-state index in [9.17, 15) is 4.79 Å². The van der Waals surface area contributed by atoms with Crippen LogP contribution >= 0.6 is 0 Å². The number of hydrogen-bond acceptors (Lipinski definition) is 2. The molecule has 76 valence electrons. The standard InChI is InChI=1S/C11H20O2/c1-6-10(12)13-8-7-9(2)11(3,4)5/h6,9H,1,7-8H2,2-5H3. The third-order valence-corrected chi connectivity index (χ3v) is 2.44. The first kappa shape index (κ1) is 12.2. The molecule has 0 aromatic carbocycles. The lowest BCUT2D eigenvalue weighted by Gasteiger charge is -2.26. The zero-order chi connectivity index (χ0) is 10.5. The fraction of sp³-hybridized carbons (Fsp3) is 0.727. The predicted octanol–water partition coefficient (Wildman–Crippen LogP) is 2.79. The van der Waals surface area contributed by atoms with Gasteiger partial charge in [-0.2, -0.15) is 0 Å². The number of rotatable bonds is 4. The van der Waals surface area contributed by atoms with Crippen LogP contribution in [-0.4, -0.2) is 12.6 Å². The highest BCUT2D eigenvalue weighted by Crippen LogP contribution is 2.27. The highest BCUT2D eigenvalue weighted by atomic mass is 16.5. The Bertz CT molecular complexity index is 177. The molecule has 13 heavy (non-hydrogen) atoms. The van der Waals surface area contributed by atoms with E-state index < -0.39 is 0 Å². The van der Waals surface area contributed by atoms with E-state index in [2.05, 4.69) is 34.3 Å². The summed E-state index contributed by atoms with van der Waals surface area (Å²) < 4.78 is 4.90. The van der Waals surface area contributed by atoms with Crippen LogP contribution in [0.4, 0.5) is 0 Å². The molecule has 0 aromatic heterocycles. The molecular formula is C11H20O2. The Labute approximate surface area is 81.0 Å².